The first-order valence-corrected chi connectivity index (χ1v) is 7.14. The second-order valence-electron chi connectivity index (χ2n) is 6.39. The predicted molar refractivity (Wildman–Crippen MR) is 81.5 cm³/mol. The van der Waals surface area contributed by atoms with Crippen molar-refractivity contribution in [3.05, 3.63) is 30.1 Å². The molecule has 0 spiro atoms. The van der Waals surface area contributed by atoms with Crippen LogP contribution in [-0.4, -0.2) is 22.4 Å². The Morgan fingerprint density at radius 1 is 1.30 bits per heavy atom. The zero-order valence-electron chi connectivity index (χ0n) is 12.5. The molecule has 0 bridgehead atoms. The number of nitrogens with zero attached hydrogens (tertiary/aromatic N) is 1. The predicted octanol–water partition coefficient (Wildman–Crippen LogP) is 3.05. The van der Waals surface area contributed by atoms with Gasteiger partial charge in [0.05, 0.1) is 11.0 Å². The quantitative estimate of drug-likeness (QED) is 0.823. The first kappa shape index (κ1) is 14.6. The summed E-state index contributed by atoms with van der Waals surface area (Å²) in [5, 5.41) is 2.96. The molecule has 0 unspecified atom stereocenters. The number of amides is 1. The number of hydrogen-bond acceptors (Lipinski definition) is 2. The fourth-order valence-electron chi connectivity index (χ4n) is 2.15. The standard InChI is InChI=1S/C16H23N3O/c1-16(2,3)11-15(20)17-10-6-9-14-18-12-7-4-5-8-13(12)19-14/h4-5,7-8H,6,9-11H2,1-3H3,(H,17,20)(H,18,19). The van der Waals surface area contributed by atoms with Crippen LogP contribution in [0.15, 0.2) is 24.3 Å². The van der Waals surface area contributed by atoms with Crippen molar-refractivity contribution in [2.45, 2.75) is 40.0 Å². The highest BCUT2D eigenvalue weighted by Gasteiger charge is 2.15. The number of para-hydroxylation sites is 2. The maximum absolute atomic E-state index is 11.7. The van der Waals surface area contributed by atoms with Crippen LogP contribution in [0, 0.1) is 5.41 Å². The molecule has 0 saturated carbocycles. The molecule has 4 nitrogen and oxygen atoms in total. The largest absolute Gasteiger partial charge is 0.356 e. The summed E-state index contributed by atoms with van der Waals surface area (Å²) in [7, 11) is 0. The minimum Gasteiger partial charge on any atom is -0.356 e. The van der Waals surface area contributed by atoms with Crippen LogP contribution in [0.25, 0.3) is 11.0 Å². The van der Waals surface area contributed by atoms with Gasteiger partial charge in [-0.05, 0) is 24.0 Å². The molecule has 20 heavy (non-hydrogen) atoms. The van der Waals surface area contributed by atoms with Crippen molar-refractivity contribution in [2.24, 2.45) is 5.41 Å². The highest BCUT2D eigenvalue weighted by Crippen LogP contribution is 2.17. The lowest BCUT2D eigenvalue weighted by Gasteiger charge is -2.17. The van der Waals surface area contributed by atoms with Crippen molar-refractivity contribution in [1.82, 2.24) is 15.3 Å². The van der Waals surface area contributed by atoms with E-state index in [9.17, 15) is 4.79 Å². The van der Waals surface area contributed by atoms with Gasteiger partial charge in [-0.25, -0.2) is 4.98 Å². The number of hydrogen-bond donors (Lipinski definition) is 2. The van der Waals surface area contributed by atoms with Crippen LogP contribution in [0.3, 0.4) is 0 Å². The molecule has 108 valence electrons. The molecule has 2 aromatic rings. The number of imidazole rings is 1. The van der Waals surface area contributed by atoms with Gasteiger partial charge >= 0.3 is 0 Å². The lowest BCUT2D eigenvalue weighted by atomic mass is 9.92. The number of aryl methyl sites for hydroxylation is 1. The lowest BCUT2D eigenvalue weighted by Crippen LogP contribution is -2.28. The van der Waals surface area contributed by atoms with Crippen molar-refractivity contribution < 1.29 is 4.79 Å². The van der Waals surface area contributed by atoms with Crippen LogP contribution in [-0.2, 0) is 11.2 Å². The van der Waals surface area contributed by atoms with Gasteiger partial charge in [0, 0.05) is 19.4 Å². The Labute approximate surface area is 120 Å². The molecule has 2 rings (SSSR count). The first-order chi connectivity index (χ1) is 9.44. The maximum Gasteiger partial charge on any atom is 0.220 e. The van der Waals surface area contributed by atoms with Gasteiger partial charge in [0.15, 0.2) is 0 Å². The van der Waals surface area contributed by atoms with Crippen LogP contribution in [0.5, 0.6) is 0 Å². The van der Waals surface area contributed by atoms with Crippen LogP contribution in [0.1, 0.15) is 39.4 Å². The molecule has 1 aromatic carbocycles. The van der Waals surface area contributed by atoms with E-state index in [2.05, 4.69) is 36.1 Å². The van der Waals surface area contributed by atoms with E-state index in [0.717, 1.165) is 29.7 Å². The van der Waals surface area contributed by atoms with E-state index in [1.807, 2.05) is 24.3 Å². The van der Waals surface area contributed by atoms with E-state index in [1.165, 1.54) is 0 Å². The summed E-state index contributed by atoms with van der Waals surface area (Å²) < 4.78 is 0. The smallest absolute Gasteiger partial charge is 0.220 e. The highest BCUT2D eigenvalue weighted by atomic mass is 16.1. The summed E-state index contributed by atoms with van der Waals surface area (Å²) in [6.45, 7) is 6.91. The molecule has 4 heteroatoms. The number of carbonyl (C=O) groups excluding carboxylic acids is 1. The molecule has 2 N–H and O–H groups in total. The van der Waals surface area contributed by atoms with Crippen LogP contribution >= 0.6 is 0 Å². The summed E-state index contributed by atoms with van der Waals surface area (Å²) in [6.07, 6.45) is 2.32. The molecule has 0 radical (unpaired) electrons. The number of H-pyrrole nitrogens is 1. The van der Waals surface area contributed by atoms with Gasteiger partial charge < -0.3 is 10.3 Å². The van der Waals surface area contributed by atoms with Gasteiger partial charge in [-0.3, -0.25) is 4.79 Å². The van der Waals surface area contributed by atoms with E-state index < -0.39 is 0 Å². The van der Waals surface area contributed by atoms with E-state index in [0.29, 0.717) is 13.0 Å². The van der Waals surface area contributed by atoms with Crippen LogP contribution in [0.4, 0.5) is 0 Å². The third-order valence-electron chi connectivity index (χ3n) is 3.04. The summed E-state index contributed by atoms with van der Waals surface area (Å²) in [6, 6.07) is 8.01. The molecule has 1 heterocycles. The third-order valence-corrected chi connectivity index (χ3v) is 3.04. The molecule has 0 fully saturated rings. The highest BCUT2D eigenvalue weighted by molar-refractivity contribution is 5.76. The molecular formula is C16H23N3O. The molecule has 0 aliphatic heterocycles. The number of rotatable bonds is 5. The Hall–Kier alpha value is -1.84. The summed E-state index contributed by atoms with van der Waals surface area (Å²) >= 11 is 0. The fourth-order valence-corrected chi connectivity index (χ4v) is 2.15. The number of fused-ring (bicyclic) bond motifs is 1. The van der Waals surface area contributed by atoms with E-state index in [-0.39, 0.29) is 11.3 Å². The number of carbonyl (C=O) groups is 1. The Morgan fingerprint density at radius 2 is 2.05 bits per heavy atom. The fraction of sp³-hybridized carbons (Fsp3) is 0.500. The number of benzene rings is 1. The minimum absolute atomic E-state index is 0.0445. The van der Waals surface area contributed by atoms with E-state index >= 15 is 0 Å². The van der Waals surface area contributed by atoms with Gasteiger partial charge in [0.1, 0.15) is 5.82 Å². The van der Waals surface area contributed by atoms with Gasteiger partial charge in [0.2, 0.25) is 5.91 Å². The summed E-state index contributed by atoms with van der Waals surface area (Å²) in [4.78, 5) is 19.5. The van der Waals surface area contributed by atoms with Crippen LogP contribution < -0.4 is 5.32 Å². The molecule has 1 amide bonds. The van der Waals surface area contributed by atoms with Gasteiger partial charge in [-0.15, -0.1) is 0 Å². The summed E-state index contributed by atoms with van der Waals surface area (Å²) in [5.41, 5.74) is 2.11. The second-order valence-corrected chi connectivity index (χ2v) is 6.39. The Kier molecular flexibility index (Phi) is 4.42. The number of aromatic amines is 1. The molecular weight excluding hydrogens is 250 g/mol. The topological polar surface area (TPSA) is 57.8 Å². The van der Waals surface area contributed by atoms with Crippen molar-refractivity contribution in [3.8, 4) is 0 Å². The molecule has 0 aliphatic carbocycles. The number of nitrogens with one attached hydrogen (secondary N) is 2. The molecule has 1 aromatic heterocycles. The van der Waals surface area contributed by atoms with Crippen LogP contribution in [0.2, 0.25) is 0 Å². The van der Waals surface area contributed by atoms with Crippen molar-refractivity contribution >= 4 is 16.9 Å². The zero-order chi connectivity index (χ0) is 14.6. The maximum atomic E-state index is 11.7. The molecule has 0 atom stereocenters. The Bertz CT molecular complexity index is 548. The van der Waals surface area contributed by atoms with E-state index in [1.54, 1.807) is 0 Å². The normalized spacial score (nSPS) is 11.8. The SMILES string of the molecule is CC(C)(C)CC(=O)NCCCc1nc2ccccc2[nH]1. The Balaban J connectivity index is 1.74. The first-order valence-electron chi connectivity index (χ1n) is 7.14. The number of aromatic nitrogens is 2. The second kappa shape index (κ2) is 6.07. The Morgan fingerprint density at radius 3 is 2.75 bits per heavy atom. The average molecular weight is 273 g/mol. The summed E-state index contributed by atoms with van der Waals surface area (Å²) in [5.74, 6) is 1.11. The van der Waals surface area contributed by atoms with E-state index in [4.69, 9.17) is 0 Å². The van der Waals surface area contributed by atoms with Gasteiger partial charge in [-0.2, -0.15) is 0 Å². The lowest BCUT2D eigenvalue weighted by molar-refractivity contribution is -0.122. The van der Waals surface area contributed by atoms with Crippen molar-refractivity contribution in [3.63, 3.8) is 0 Å². The monoisotopic (exact) mass is 273 g/mol. The van der Waals surface area contributed by atoms with Crippen molar-refractivity contribution in [2.75, 3.05) is 6.54 Å². The molecule has 0 saturated heterocycles. The zero-order valence-corrected chi connectivity index (χ0v) is 12.5. The molecule has 0 aliphatic rings. The van der Waals surface area contributed by atoms with Gasteiger partial charge in [-0.1, -0.05) is 32.9 Å². The average Bonchev–Trinajstić information content (AvgIpc) is 2.75. The third kappa shape index (κ3) is 4.37. The van der Waals surface area contributed by atoms with Gasteiger partial charge in [0.25, 0.3) is 0 Å². The minimum atomic E-state index is 0.0445. The van der Waals surface area contributed by atoms with Crippen molar-refractivity contribution in [1.29, 1.82) is 0 Å².